The van der Waals surface area contributed by atoms with Crippen molar-refractivity contribution in [3.63, 3.8) is 0 Å². The van der Waals surface area contributed by atoms with Crippen molar-refractivity contribution >= 4 is 41.6 Å². The fourth-order valence-corrected chi connectivity index (χ4v) is 12.3. The van der Waals surface area contributed by atoms with Crippen LogP contribution in [0.5, 0.6) is 5.75 Å². The molecule has 7 nitrogen and oxygen atoms in total. The lowest BCUT2D eigenvalue weighted by Crippen LogP contribution is -2.47. The number of hydroxylamine groups is 1. The van der Waals surface area contributed by atoms with E-state index in [4.69, 9.17) is 15.0 Å². The lowest BCUT2D eigenvalue weighted by Gasteiger charge is -2.53. The molecule has 5 aromatic rings. The predicted octanol–water partition coefficient (Wildman–Crippen LogP) is 13.0. The highest BCUT2D eigenvalue weighted by Crippen LogP contribution is 2.54. The van der Waals surface area contributed by atoms with Gasteiger partial charge in [-0.25, -0.2) is 0 Å². The fourth-order valence-electron chi connectivity index (χ4n) is 10.5. The third-order valence-electron chi connectivity index (χ3n) is 14.1. The Hall–Kier alpha value is -5.12. The summed E-state index contributed by atoms with van der Waals surface area (Å²) in [7, 11) is 0.657. The van der Waals surface area contributed by atoms with Gasteiger partial charge in [0.1, 0.15) is 22.8 Å². The summed E-state index contributed by atoms with van der Waals surface area (Å²) in [6, 6.07) is 37.6. The number of benzene rings is 4. The summed E-state index contributed by atoms with van der Waals surface area (Å²) < 4.78 is 6.31. The first-order valence-electron chi connectivity index (χ1n) is 23.1. The summed E-state index contributed by atoms with van der Waals surface area (Å²) in [5.74, 6) is 2.76. The molecule has 1 saturated carbocycles. The van der Waals surface area contributed by atoms with Crippen LogP contribution < -0.4 is 20.0 Å². The first-order valence-corrected chi connectivity index (χ1v) is 27.6. The Bertz CT molecular complexity index is 2400. The molecule has 4 aromatic carbocycles. The van der Waals surface area contributed by atoms with Gasteiger partial charge in [0.15, 0.2) is 0 Å². The summed E-state index contributed by atoms with van der Waals surface area (Å²) in [6.45, 7) is 16.1. The lowest BCUT2D eigenvalue weighted by atomic mass is 9.56. The number of piperidine rings is 1. The average Bonchev–Trinajstić information content (AvgIpc) is 3.56. The first kappa shape index (κ1) is 44.5. The van der Waals surface area contributed by atoms with Crippen LogP contribution in [0.25, 0.3) is 0 Å². The van der Waals surface area contributed by atoms with Crippen LogP contribution in [0.2, 0.25) is 25.7 Å². The Balaban J connectivity index is 0.876. The smallest absolute Gasteiger partial charge is 0.145 e. The standard InChI is InChI=1S/C54H67N5O2SSi/c1-37-38(2)62-53(59(39(3)55)61-30-27-57-4)50(37)52(56)44-15-13-40(14-16-44)33-41-35-54(36-41)25-28-58(29-26-54)46-20-17-43(18-21-46)51-48(42-11-9-8-10-12-42)23-19-45-34-47(22-24-49(45)51)60-31-32-63(5,6)7/h8-18,20-22,24,27,30,34,41,48,51,55-57H,19,23,25-26,28-29,31-33,35-36H2,1-7H3/b30-27-,55-39?,56-52?/t48-,51+/m1/s1. The molecule has 0 unspecified atom stereocenters. The summed E-state index contributed by atoms with van der Waals surface area (Å²) in [5, 5.41) is 22.8. The Labute approximate surface area is 381 Å². The summed E-state index contributed by atoms with van der Waals surface area (Å²) in [4.78, 5) is 9.56. The number of fused-ring (bicyclic) bond motifs is 1. The molecule has 1 spiro atoms. The second kappa shape index (κ2) is 18.9. The molecule has 9 heteroatoms. The number of aryl methyl sites for hydroxylation is 2. The third-order valence-corrected chi connectivity index (χ3v) is 17.0. The van der Waals surface area contributed by atoms with Crippen LogP contribution in [0, 0.1) is 36.0 Å². The van der Waals surface area contributed by atoms with Crippen LogP contribution >= 0.6 is 11.3 Å². The zero-order valence-corrected chi connectivity index (χ0v) is 40.3. The van der Waals surface area contributed by atoms with Crippen molar-refractivity contribution in [1.82, 2.24) is 5.32 Å². The van der Waals surface area contributed by atoms with E-state index in [0.717, 1.165) is 71.3 Å². The Morgan fingerprint density at radius 2 is 1.63 bits per heavy atom. The topological polar surface area (TPSA) is 84.7 Å². The van der Waals surface area contributed by atoms with Crippen LogP contribution in [-0.4, -0.2) is 46.4 Å². The summed E-state index contributed by atoms with van der Waals surface area (Å²) >= 11 is 1.55. The van der Waals surface area contributed by atoms with Crippen molar-refractivity contribution in [1.29, 1.82) is 10.8 Å². The monoisotopic (exact) mass is 877 g/mol. The number of hydrogen-bond donors (Lipinski definition) is 3. The van der Waals surface area contributed by atoms with Gasteiger partial charge in [-0.2, -0.15) is 5.06 Å². The van der Waals surface area contributed by atoms with Gasteiger partial charge in [-0.15, -0.1) is 11.3 Å². The van der Waals surface area contributed by atoms with Gasteiger partial charge < -0.3 is 19.8 Å². The van der Waals surface area contributed by atoms with E-state index in [1.165, 1.54) is 76.6 Å². The highest BCUT2D eigenvalue weighted by atomic mass is 32.1. The van der Waals surface area contributed by atoms with E-state index in [2.05, 4.69) is 141 Å². The third kappa shape index (κ3) is 10.00. The molecule has 8 rings (SSSR count). The molecule has 3 N–H and O–H groups in total. The minimum atomic E-state index is -1.15. The molecule has 63 heavy (non-hydrogen) atoms. The van der Waals surface area contributed by atoms with Crippen LogP contribution in [0.4, 0.5) is 10.7 Å². The Morgan fingerprint density at radius 3 is 2.30 bits per heavy atom. The van der Waals surface area contributed by atoms with Gasteiger partial charge in [-0.1, -0.05) is 92.4 Å². The lowest BCUT2D eigenvalue weighted by molar-refractivity contribution is 0.0283. The fraction of sp³-hybridized carbons (Fsp3) is 0.407. The van der Waals surface area contributed by atoms with Crippen LogP contribution in [0.15, 0.2) is 110 Å². The number of ether oxygens (including phenoxy) is 1. The number of rotatable bonds is 15. The molecule has 0 amide bonds. The molecule has 2 fully saturated rings. The number of anilines is 2. The van der Waals surface area contributed by atoms with Crippen LogP contribution in [0.3, 0.4) is 0 Å². The second-order valence-corrected chi connectivity index (χ2v) is 26.5. The highest BCUT2D eigenvalue weighted by Gasteiger charge is 2.45. The van der Waals surface area contributed by atoms with E-state index < -0.39 is 8.07 Å². The molecule has 2 atom stereocenters. The molecule has 1 aromatic heterocycles. The zero-order valence-electron chi connectivity index (χ0n) is 38.5. The number of thiophene rings is 1. The van der Waals surface area contributed by atoms with E-state index in [1.54, 1.807) is 31.5 Å². The minimum absolute atomic E-state index is 0.256. The van der Waals surface area contributed by atoms with Crippen molar-refractivity contribution in [3.8, 4) is 5.75 Å². The Morgan fingerprint density at radius 1 is 0.921 bits per heavy atom. The maximum absolute atomic E-state index is 9.26. The SMILES string of the molecule is CN/C=C\ON(C(C)=N)c1sc(C)c(C)c1C(=N)c1ccc(CC2CC3(CCN(c4ccc([C@@H]5c6ccc(OCC[Si](C)(C)C)cc6CC[C@@H]5c5ccccc5)cc4)CC3)C2)cc1. The highest BCUT2D eigenvalue weighted by molar-refractivity contribution is 7.17. The first-order chi connectivity index (χ1) is 30.3. The van der Waals surface area contributed by atoms with Crippen LogP contribution in [0.1, 0.15) is 100 Å². The largest absolute Gasteiger partial charge is 0.494 e. The van der Waals surface area contributed by atoms with Gasteiger partial charge in [-0.05, 0) is 147 Å². The van der Waals surface area contributed by atoms with Gasteiger partial charge >= 0.3 is 0 Å². The van der Waals surface area contributed by atoms with Crippen molar-refractivity contribution in [2.45, 2.75) is 103 Å². The van der Waals surface area contributed by atoms with E-state index in [1.807, 2.05) is 0 Å². The molecule has 1 saturated heterocycles. The molecular weight excluding hydrogens is 811 g/mol. The summed E-state index contributed by atoms with van der Waals surface area (Å²) in [6.07, 6.45) is 11.7. The van der Waals surface area contributed by atoms with Gasteiger partial charge in [0, 0.05) is 62.0 Å². The van der Waals surface area contributed by atoms with Gasteiger partial charge in [0.25, 0.3) is 0 Å². The van der Waals surface area contributed by atoms with Crippen molar-refractivity contribution in [2.75, 3.05) is 36.7 Å². The molecule has 3 aliphatic rings. The van der Waals surface area contributed by atoms with Gasteiger partial charge in [-0.3, -0.25) is 10.8 Å². The normalized spacial score (nSPS) is 18.5. The number of amidine groups is 1. The molecular formula is C54H67N5O2SSi. The number of nitrogens with zero attached hydrogens (tertiary/aromatic N) is 2. The van der Waals surface area contributed by atoms with E-state index in [-0.39, 0.29) is 5.84 Å². The number of hydrogen-bond acceptors (Lipinski definition) is 7. The molecule has 330 valence electrons. The van der Waals surface area contributed by atoms with Gasteiger partial charge in [0.2, 0.25) is 0 Å². The quantitative estimate of drug-likeness (QED) is 0.0321. The predicted molar refractivity (Wildman–Crippen MR) is 268 cm³/mol. The van der Waals surface area contributed by atoms with Crippen LogP contribution in [-0.2, 0) is 17.7 Å². The average molecular weight is 878 g/mol. The number of nitrogens with one attached hydrogen (secondary N) is 3. The Kier molecular flexibility index (Phi) is 13.4. The van der Waals surface area contributed by atoms with Gasteiger partial charge in [0.05, 0.1) is 12.3 Å². The molecule has 2 aliphatic carbocycles. The van der Waals surface area contributed by atoms with Crippen molar-refractivity contribution in [2.24, 2.45) is 11.3 Å². The molecule has 0 radical (unpaired) electrons. The van der Waals surface area contributed by atoms with Crippen molar-refractivity contribution in [3.05, 3.63) is 159 Å². The van der Waals surface area contributed by atoms with Crippen molar-refractivity contribution < 1.29 is 9.57 Å². The van der Waals surface area contributed by atoms with E-state index in [0.29, 0.717) is 28.9 Å². The molecule has 1 aliphatic heterocycles. The summed E-state index contributed by atoms with van der Waals surface area (Å²) in [5.41, 5.74) is 12.1. The van der Waals surface area contributed by atoms with E-state index in [9.17, 15) is 5.41 Å². The van der Waals surface area contributed by atoms with E-state index >= 15 is 0 Å². The molecule has 0 bridgehead atoms. The zero-order chi connectivity index (χ0) is 44.3. The second-order valence-electron chi connectivity index (χ2n) is 19.7. The maximum atomic E-state index is 9.26. The minimum Gasteiger partial charge on any atom is -0.494 e. The maximum Gasteiger partial charge on any atom is 0.145 e. The molecule has 2 heterocycles.